The lowest BCUT2D eigenvalue weighted by Crippen LogP contribution is -2.26. The topological polar surface area (TPSA) is 15.3 Å². The molecule has 0 aromatic heterocycles. The van der Waals surface area contributed by atoms with Crippen molar-refractivity contribution < 1.29 is 0 Å². The molecule has 3 heteroatoms. The summed E-state index contributed by atoms with van der Waals surface area (Å²) in [7, 11) is 0. The summed E-state index contributed by atoms with van der Waals surface area (Å²) in [6.07, 6.45) is 2.52. The van der Waals surface area contributed by atoms with Gasteiger partial charge in [-0.3, -0.25) is 0 Å². The van der Waals surface area contributed by atoms with E-state index in [0.29, 0.717) is 0 Å². The van der Waals surface area contributed by atoms with Gasteiger partial charge in [-0.15, -0.1) is 0 Å². The average Bonchev–Trinajstić information content (AvgIpc) is 2.96. The van der Waals surface area contributed by atoms with Gasteiger partial charge in [-0.05, 0) is 66.9 Å². The summed E-state index contributed by atoms with van der Waals surface area (Å²) >= 11 is 3.54. The average molecular weight is 347 g/mol. The number of fused-ring (bicyclic) bond motifs is 1. The van der Waals surface area contributed by atoms with Gasteiger partial charge in [0.05, 0.1) is 0 Å². The van der Waals surface area contributed by atoms with Crippen LogP contribution in [0.4, 0.5) is 5.69 Å². The fourth-order valence-electron chi connectivity index (χ4n) is 3.12. The van der Waals surface area contributed by atoms with Gasteiger partial charge < -0.3 is 10.2 Å². The third-order valence-corrected chi connectivity index (χ3v) is 4.79. The van der Waals surface area contributed by atoms with Crippen molar-refractivity contribution in [3.63, 3.8) is 0 Å². The molecule has 2 nitrogen and oxygen atoms in total. The molecule has 1 saturated heterocycles. The van der Waals surface area contributed by atoms with Crippen molar-refractivity contribution >= 4 is 32.4 Å². The predicted molar refractivity (Wildman–Crippen MR) is 95.1 cm³/mol. The molecular formula is C18H23BrN2. The molecule has 1 atom stereocenters. The second-order valence-corrected chi connectivity index (χ2v) is 6.90. The normalized spacial score (nSPS) is 18.6. The molecular weight excluding hydrogens is 324 g/mol. The molecule has 0 aliphatic carbocycles. The third kappa shape index (κ3) is 3.58. The van der Waals surface area contributed by atoms with Gasteiger partial charge in [0.25, 0.3) is 0 Å². The molecule has 3 rings (SSSR count). The second kappa shape index (κ2) is 6.80. The zero-order valence-corrected chi connectivity index (χ0v) is 14.2. The van der Waals surface area contributed by atoms with Crippen molar-refractivity contribution in [1.82, 2.24) is 5.32 Å². The molecule has 1 fully saturated rings. The van der Waals surface area contributed by atoms with Crippen molar-refractivity contribution in [3.05, 3.63) is 40.9 Å². The summed E-state index contributed by atoms with van der Waals surface area (Å²) in [6, 6.07) is 13.3. The molecule has 1 aliphatic heterocycles. The lowest BCUT2D eigenvalue weighted by molar-refractivity contribution is 0.516. The molecule has 1 N–H and O–H groups in total. The molecule has 21 heavy (non-hydrogen) atoms. The van der Waals surface area contributed by atoms with E-state index in [9.17, 15) is 0 Å². The first-order chi connectivity index (χ1) is 10.3. The number of hydrogen-bond donors (Lipinski definition) is 1. The summed E-state index contributed by atoms with van der Waals surface area (Å²) in [5, 5.41) is 6.17. The van der Waals surface area contributed by atoms with Gasteiger partial charge >= 0.3 is 0 Å². The molecule has 1 aliphatic rings. The SMILES string of the molecule is CCCNCC1CCN(c2ccc3cc(Br)ccc3c2)C1. The first-order valence-electron chi connectivity index (χ1n) is 7.91. The molecule has 112 valence electrons. The Hall–Kier alpha value is -1.06. The number of benzene rings is 2. The van der Waals surface area contributed by atoms with E-state index in [0.717, 1.165) is 23.5 Å². The van der Waals surface area contributed by atoms with E-state index in [-0.39, 0.29) is 0 Å². The monoisotopic (exact) mass is 346 g/mol. The number of halogens is 1. The number of anilines is 1. The minimum absolute atomic E-state index is 0.789. The maximum atomic E-state index is 3.55. The summed E-state index contributed by atoms with van der Waals surface area (Å²) in [5.41, 5.74) is 1.36. The first-order valence-corrected chi connectivity index (χ1v) is 8.70. The summed E-state index contributed by atoms with van der Waals surface area (Å²) in [6.45, 7) is 6.88. The predicted octanol–water partition coefficient (Wildman–Crippen LogP) is 4.43. The van der Waals surface area contributed by atoms with Gasteiger partial charge in [-0.25, -0.2) is 0 Å². The molecule has 0 amide bonds. The van der Waals surface area contributed by atoms with Crippen LogP contribution in [0, 0.1) is 5.92 Å². The van der Waals surface area contributed by atoms with Gasteiger partial charge in [-0.2, -0.15) is 0 Å². The van der Waals surface area contributed by atoms with E-state index in [2.05, 4.69) is 69.5 Å². The highest BCUT2D eigenvalue weighted by Crippen LogP contribution is 2.28. The van der Waals surface area contributed by atoms with Crippen LogP contribution in [-0.2, 0) is 0 Å². The summed E-state index contributed by atoms with van der Waals surface area (Å²) in [4.78, 5) is 2.53. The molecule has 0 bridgehead atoms. The minimum Gasteiger partial charge on any atom is -0.371 e. The summed E-state index contributed by atoms with van der Waals surface area (Å²) in [5.74, 6) is 0.789. The van der Waals surface area contributed by atoms with Crippen LogP contribution < -0.4 is 10.2 Å². The Labute approximate surface area is 135 Å². The van der Waals surface area contributed by atoms with Gasteiger partial charge in [0.2, 0.25) is 0 Å². The van der Waals surface area contributed by atoms with Crippen LogP contribution >= 0.6 is 15.9 Å². The lowest BCUT2D eigenvalue weighted by Gasteiger charge is -2.19. The smallest absolute Gasteiger partial charge is 0.0372 e. The van der Waals surface area contributed by atoms with E-state index >= 15 is 0 Å². The second-order valence-electron chi connectivity index (χ2n) is 5.98. The van der Waals surface area contributed by atoms with Gasteiger partial charge in [-0.1, -0.05) is 35.0 Å². The Morgan fingerprint density at radius 3 is 2.86 bits per heavy atom. The quantitative estimate of drug-likeness (QED) is 0.805. The molecule has 0 radical (unpaired) electrons. The Bertz CT molecular complexity index is 611. The molecule has 1 unspecified atom stereocenters. The maximum Gasteiger partial charge on any atom is 0.0372 e. The van der Waals surface area contributed by atoms with E-state index in [4.69, 9.17) is 0 Å². The number of nitrogens with one attached hydrogen (secondary N) is 1. The van der Waals surface area contributed by atoms with Crippen LogP contribution in [0.2, 0.25) is 0 Å². The third-order valence-electron chi connectivity index (χ3n) is 4.30. The van der Waals surface area contributed by atoms with Crippen molar-refractivity contribution in [2.24, 2.45) is 5.92 Å². The van der Waals surface area contributed by atoms with Crippen molar-refractivity contribution in [1.29, 1.82) is 0 Å². The maximum absolute atomic E-state index is 3.55. The van der Waals surface area contributed by atoms with Crippen molar-refractivity contribution in [3.8, 4) is 0 Å². The Balaban J connectivity index is 1.68. The molecule has 0 spiro atoms. The van der Waals surface area contributed by atoms with Gasteiger partial charge in [0.15, 0.2) is 0 Å². The largest absolute Gasteiger partial charge is 0.371 e. The van der Waals surface area contributed by atoms with Crippen LogP contribution in [0.15, 0.2) is 40.9 Å². The zero-order valence-electron chi connectivity index (χ0n) is 12.6. The Morgan fingerprint density at radius 2 is 2.00 bits per heavy atom. The van der Waals surface area contributed by atoms with E-state index in [1.165, 1.54) is 42.4 Å². The van der Waals surface area contributed by atoms with Crippen LogP contribution in [0.5, 0.6) is 0 Å². The number of rotatable bonds is 5. The summed E-state index contributed by atoms with van der Waals surface area (Å²) < 4.78 is 1.14. The lowest BCUT2D eigenvalue weighted by atomic mass is 10.1. The Kier molecular flexibility index (Phi) is 4.81. The highest BCUT2D eigenvalue weighted by atomic mass is 79.9. The number of nitrogens with zero attached hydrogens (tertiary/aromatic N) is 1. The van der Waals surface area contributed by atoms with Crippen LogP contribution in [0.1, 0.15) is 19.8 Å². The van der Waals surface area contributed by atoms with Gasteiger partial charge in [0.1, 0.15) is 0 Å². The van der Waals surface area contributed by atoms with Crippen LogP contribution in [0.3, 0.4) is 0 Å². The van der Waals surface area contributed by atoms with E-state index in [1.54, 1.807) is 0 Å². The van der Waals surface area contributed by atoms with Crippen LogP contribution in [-0.4, -0.2) is 26.2 Å². The number of hydrogen-bond acceptors (Lipinski definition) is 2. The molecule has 2 aromatic carbocycles. The standard InChI is InChI=1S/C18H23BrN2/c1-2-8-20-12-14-7-9-21(13-14)18-6-4-15-10-17(19)5-3-16(15)11-18/h3-6,10-11,14,20H,2,7-9,12-13H2,1H3. The highest BCUT2D eigenvalue weighted by molar-refractivity contribution is 9.10. The van der Waals surface area contributed by atoms with Crippen molar-refractivity contribution in [2.45, 2.75) is 19.8 Å². The Morgan fingerprint density at radius 1 is 1.19 bits per heavy atom. The van der Waals surface area contributed by atoms with Gasteiger partial charge in [0, 0.05) is 23.2 Å². The molecule has 1 heterocycles. The van der Waals surface area contributed by atoms with Crippen LogP contribution in [0.25, 0.3) is 10.8 Å². The molecule has 0 saturated carbocycles. The molecule has 2 aromatic rings. The van der Waals surface area contributed by atoms with Crippen molar-refractivity contribution in [2.75, 3.05) is 31.1 Å². The van der Waals surface area contributed by atoms with E-state index in [1.807, 2.05) is 0 Å². The fourth-order valence-corrected chi connectivity index (χ4v) is 3.50. The highest BCUT2D eigenvalue weighted by Gasteiger charge is 2.22. The first kappa shape index (κ1) is 14.9. The fraction of sp³-hybridized carbons (Fsp3) is 0.444. The van der Waals surface area contributed by atoms with E-state index < -0.39 is 0 Å². The minimum atomic E-state index is 0.789. The zero-order chi connectivity index (χ0) is 14.7.